The molecule has 1 aliphatic heterocycles. The highest BCUT2D eigenvalue weighted by molar-refractivity contribution is 6.48. The molecule has 2 aromatic rings. The minimum Gasteiger partial charge on any atom is -0.409 e. The van der Waals surface area contributed by atoms with Gasteiger partial charge >= 0.3 is 6.09 Å². The van der Waals surface area contributed by atoms with Crippen molar-refractivity contribution in [2.45, 2.75) is 13.0 Å². The van der Waals surface area contributed by atoms with Crippen molar-refractivity contribution in [3.8, 4) is 5.75 Å². The van der Waals surface area contributed by atoms with Crippen LogP contribution in [0.3, 0.4) is 0 Å². The Bertz CT molecular complexity index is 775. The van der Waals surface area contributed by atoms with Crippen LogP contribution < -0.4 is 9.75 Å². The fourth-order valence-corrected chi connectivity index (χ4v) is 2.50. The fraction of sp³-hybridized carbons (Fsp3) is 0.167. The molecule has 1 fully saturated rings. The number of hydrogen-bond donors (Lipinski definition) is 0. The van der Waals surface area contributed by atoms with Gasteiger partial charge in [0.25, 0.3) is 5.91 Å². The van der Waals surface area contributed by atoms with E-state index in [1.807, 2.05) is 43.3 Å². The minimum atomic E-state index is -0.806. The summed E-state index contributed by atoms with van der Waals surface area (Å²) in [6.45, 7) is 1.81. The third-order valence-electron chi connectivity index (χ3n) is 3.84. The first kappa shape index (κ1) is 15.9. The molecule has 24 heavy (non-hydrogen) atoms. The lowest BCUT2D eigenvalue weighted by atomic mass is 10.2. The van der Waals surface area contributed by atoms with Crippen LogP contribution in [-0.2, 0) is 4.79 Å². The predicted molar refractivity (Wildman–Crippen MR) is 91.1 cm³/mol. The first-order valence-corrected chi connectivity index (χ1v) is 7.55. The highest BCUT2D eigenvalue weighted by atomic mass is 16.5. The molecule has 6 heteroatoms. The smallest absolute Gasteiger partial charge is 0.409 e. The van der Waals surface area contributed by atoms with Crippen LogP contribution in [0.1, 0.15) is 6.92 Å². The summed E-state index contributed by atoms with van der Waals surface area (Å²) < 4.78 is 5.13. The lowest BCUT2D eigenvalue weighted by Gasteiger charge is -2.25. The normalized spacial score (nSPS) is 19.8. The first-order chi connectivity index (χ1) is 11.6. The van der Waals surface area contributed by atoms with E-state index in [4.69, 9.17) is 4.74 Å². The molecule has 2 amide bonds. The highest BCUT2D eigenvalue weighted by Crippen LogP contribution is 2.24. The van der Waals surface area contributed by atoms with E-state index >= 15 is 0 Å². The van der Waals surface area contributed by atoms with Crippen LogP contribution in [0, 0.1) is 0 Å². The molecule has 1 heterocycles. The Kier molecular flexibility index (Phi) is 4.39. The zero-order valence-electron chi connectivity index (χ0n) is 13.4. The average molecular weight is 323 g/mol. The van der Waals surface area contributed by atoms with Crippen molar-refractivity contribution < 1.29 is 14.3 Å². The number of amides is 2. The van der Waals surface area contributed by atoms with Crippen molar-refractivity contribution in [3.63, 3.8) is 0 Å². The van der Waals surface area contributed by atoms with Gasteiger partial charge in [-0.05, 0) is 31.2 Å². The molecule has 1 unspecified atom stereocenters. The van der Waals surface area contributed by atoms with Crippen molar-refractivity contribution in [3.05, 3.63) is 60.7 Å². The maximum Gasteiger partial charge on any atom is 0.439 e. The molecule has 3 rings (SSSR count). The summed E-state index contributed by atoms with van der Waals surface area (Å²) in [5.74, 6) is 0.0550. The van der Waals surface area contributed by atoms with Crippen molar-refractivity contribution in [2.24, 2.45) is 4.99 Å². The molecular weight excluding hydrogens is 306 g/mol. The summed E-state index contributed by atoms with van der Waals surface area (Å²) in [5, 5.41) is 3.24. The van der Waals surface area contributed by atoms with Crippen molar-refractivity contribution in [1.29, 1.82) is 0 Å². The lowest BCUT2D eigenvalue weighted by Crippen LogP contribution is -2.38. The molecule has 0 aromatic heterocycles. The fourth-order valence-electron chi connectivity index (χ4n) is 2.50. The number of nitrogens with zero attached hydrogens (tertiary/aromatic N) is 3. The van der Waals surface area contributed by atoms with Crippen LogP contribution in [0.15, 0.2) is 65.7 Å². The highest BCUT2D eigenvalue weighted by Gasteiger charge is 2.40. The van der Waals surface area contributed by atoms with E-state index in [0.717, 1.165) is 5.69 Å². The van der Waals surface area contributed by atoms with E-state index in [1.54, 1.807) is 36.3 Å². The molecule has 0 aliphatic carbocycles. The van der Waals surface area contributed by atoms with Gasteiger partial charge in [-0.25, -0.2) is 14.8 Å². The van der Waals surface area contributed by atoms with E-state index in [-0.39, 0.29) is 17.7 Å². The van der Waals surface area contributed by atoms with Crippen molar-refractivity contribution in [2.75, 3.05) is 12.1 Å². The number of carbonyl (C=O) groups is 2. The third-order valence-corrected chi connectivity index (χ3v) is 3.84. The van der Waals surface area contributed by atoms with Gasteiger partial charge in [0.1, 0.15) is 11.5 Å². The van der Waals surface area contributed by atoms with Crippen molar-refractivity contribution >= 4 is 23.4 Å². The molecule has 0 radical (unpaired) electrons. The van der Waals surface area contributed by atoms with Crippen LogP contribution in [-0.4, -0.2) is 35.8 Å². The molecule has 6 nitrogen and oxygen atoms in total. The van der Waals surface area contributed by atoms with Crippen LogP contribution in [0.5, 0.6) is 5.75 Å². The van der Waals surface area contributed by atoms with Gasteiger partial charge in [-0.2, -0.15) is 4.99 Å². The van der Waals surface area contributed by atoms with E-state index in [1.165, 1.54) is 5.01 Å². The second-order valence-corrected chi connectivity index (χ2v) is 5.38. The van der Waals surface area contributed by atoms with Gasteiger partial charge in [-0.3, -0.25) is 4.79 Å². The molecule has 2 aromatic carbocycles. The Balaban J connectivity index is 1.83. The van der Waals surface area contributed by atoms with Gasteiger partial charge in [-0.1, -0.05) is 36.4 Å². The molecular formula is C18H17N3O3. The summed E-state index contributed by atoms with van der Waals surface area (Å²) >= 11 is 0. The van der Waals surface area contributed by atoms with Crippen LogP contribution in [0.4, 0.5) is 10.5 Å². The summed E-state index contributed by atoms with van der Waals surface area (Å²) in [4.78, 5) is 28.6. The monoisotopic (exact) mass is 323 g/mol. The van der Waals surface area contributed by atoms with E-state index < -0.39 is 6.09 Å². The zero-order valence-corrected chi connectivity index (χ0v) is 13.4. The molecule has 1 aliphatic rings. The number of hydrazine groups is 1. The third kappa shape index (κ3) is 3.04. The summed E-state index contributed by atoms with van der Waals surface area (Å²) in [6.07, 6.45) is -0.806. The number of aliphatic imine (C=N–C) groups is 1. The quantitative estimate of drug-likeness (QED) is 0.852. The van der Waals surface area contributed by atoms with E-state index in [2.05, 4.69) is 4.99 Å². The molecule has 122 valence electrons. The van der Waals surface area contributed by atoms with Gasteiger partial charge < -0.3 is 4.74 Å². The molecule has 0 saturated carbocycles. The van der Waals surface area contributed by atoms with Crippen LogP contribution in [0.25, 0.3) is 0 Å². The Morgan fingerprint density at radius 3 is 2.25 bits per heavy atom. The standard InChI is InChI=1S/C18H17N3O3/c1-13-16(19-18(23)24-15-11-7-4-8-12-15)17(22)21(20(13)2)14-9-5-3-6-10-14/h3-13H,1-2H3. The van der Waals surface area contributed by atoms with E-state index in [0.29, 0.717) is 5.75 Å². The molecule has 0 N–H and O–H groups in total. The van der Waals surface area contributed by atoms with Gasteiger partial charge in [0.05, 0.1) is 11.7 Å². The number of hydrogen-bond acceptors (Lipinski definition) is 4. The molecule has 1 atom stereocenters. The number of para-hydroxylation sites is 2. The average Bonchev–Trinajstić information content (AvgIpc) is 2.80. The zero-order chi connectivity index (χ0) is 17.1. The van der Waals surface area contributed by atoms with Gasteiger partial charge in [0.15, 0.2) is 0 Å². The van der Waals surface area contributed by atoms with Gasteiger partial charge in [-0.15, -0.1) is 0 Å². The number of carbonyl (C=O) groups excluding carboxylic acids is 2. The Hall–Kier alpha value is -2.99. The Labute approximate surface area is 139 Å². The van der Waals surface area contributed by atoms with Crippen LogP contribution >= 0.6 is 0 Å². The number of ether oxygens (including phenoxy) is 1. The molecule has 0 bridgehead atoms. The van der Waals surface area contributed by atoms with E-state index in [9.17, 15) is 9.59 Å². The number of benzene rings is 2. The summed E-state index contributed by atoms with van der Waals surface area (Å²) in [6, 6.07) is 17.5. The first-order valence-electron chi connectivity index (χ1n) is 7.55. The topological polar surface area (TPSA) is 62.2 Å². The van der Waals surface area contributed by atoms with Crippen LogP contribution in [0.2, 0.25) is 0 Å². The minimum absolute atomic E-state index is 0.155. The number of rotatable bonds is 2. The maximum absolute atomic E-state index is 12.7. The van der Waals surface area contributed by atoms with Gasteiger partial charge in [0, 0.05) is 7.05 Å². The summed E-state index contributed by atoms with van der Waals surface area (Å²) in [5.41, 5.74) is 0.876. The second-order valence-electron chi connectivity index (χ2n) is 5.38. The molecule has 1 saturated heterocycles. The predicted octanol–water partition coefficient (Wildman–Crippen LogP) is 2.91. The molecule has 0 spiro atoms. The van der Waals surface area contributed by atoms with Gasteiger partial charge in [0.2, 0.25) is 0 Å². The lowest BCUT2D eigenvalue weighted by molar-refractivity contribution is -0.113. The second kappa shape index (κ2) is 6.64. The summed E-state index contributed by atoms with van der Waals surface area (Å²) in [7, 11) is 1.78. The maximum atomic E-state index is 12.7. The van der Waals surface area contributed by atoms with Crippen molar-refractivity contribution in [1.82, 2.24) is 5.01 Å². The Morgan fingerprint density at radius 2 is 1.62 bits per heavy atom. The Morgan fingerprint density at radius 1 is 1.04 bits per heavy atom. The number of anilines is 1. The SMILES string of the molecule is CC1C(=NC(=O)Oc2ccccc2)C(=O)N(c2ccccc2)N1C. The largest absolute Gasteiger partial charge is 0.439 e.